The Balaban J connectivity index is 1.59. The standard InChI is InChI=1S/C17H20N4O3/c1-11-9-16(20-12(2)19-11)24-14-4-7-21(8-5-14)17(23)13-3-6-18-15(22)10-13/h3,6,9-10,14H,4-5,7-8H2,1-2H3,(H,18,22). The Morgan fingerprint density at radius 2 is 2.00 bits per heavy atom. The molecule has 24 heavy (non-hydrogen) atoms. The molecular weight excluding hydrogens is 308 g/mol. The lowest BCUT2D eigenvalue weighted by Gasteiger charge is -2.32. The first-order chi connectivity index (χ1) is 11.5. The number of amides is 1. The van der Waals surface area contributed by atoms with Crippen molar-refractivity contribution in [3.8, 4) is 5.88 Å². The fourth-order valence-electron chi connectivity index (χ4n) is 2.85. The molecule has 0 bridgehead atoms. The Labute approximate surface area is 139 Å². The quantitative estimate of drug-likeness (QED) is 0.921. The molecule has 7 nitrogen and oxygen atoms in total. The van der Waals surface area contributed by atoms with Gasteiger partial charge in [0.15, 0.2) is 0 Å². The number of pyridine rings is 1. The zero-order valence-electron chi connectivity index (χ0n) is 13.8. The van der Waals surface area contributed by atoms with E-state index >= 15 is 0 Å². The molecule has 0 spiro atoms. The summed E-state index contributed by atoms with van der Waals surface area (Å²) < 4.78 is 5.93. The zero-order valence-corrected chi connectivity index (χ0v) is 13.8. The summed E-state index contributed by atoms with van der Waals surface area (Å²) in [5.41, 5.74) is 1.02. The lowest BCUT2D eigenvalue weighted by atomic mass is 10.1. The third-order valence-electron chi connectivity index (χ3n) is 3.98. The van der Waals surface area contributed by atoms with Crippen molar-refractivity contribution >= 4 is 5.91 Å². The molecule has 1 aliphatic rings. The summed E-state index contributed by atoms with van der Waals surface area (Å²) in [6.45, 7) is 4.94. The predicted octanol–water partition coefficient (Wildman–Crippen LogP) is 1.47. The van der Waals surface area contributed by atoms with Crippen molar-refractivity contribution < 1.29 is 9.53 Å². The van der Waals surface area contributed by atoms with Crippen LogP contribution < -0.4 is 10.3 Å². The highest BCUT2D eigenvalue weighted by Crippen LogP contribution is 2.19. The van der Waals surface area contributed by atoms with Gasteiger partial charge in [0.2, 0.25) is 11.4 Å². The Morgan fingerprint density at radius 1 is 1.25 bits per heavy atom. The molecule has 1 saturated heterocycles. The zero-order chi connectivity index (χ0) is 17.1. The number of nitrogens with one attached hydrogen (secondary N) is 1. The average molecular weight is 328 g/mol. The highest BCUT2D eigenvalue weighted by Gasteiger charge is 2.25. The molecule has 0 aromatic carbocycles. The van der Waals surface area contributed by atoms with Crippen LogP contribution in [0, 0.1) is 13.8 Å². The van der Waals surface area contributed by atoms with Gasteiger partial charge in [-0.1, -0.05) is 0 Å². The van der Waals surface area contributed by atoms with E-state index in [0.717, 1.165) is 18.5 Å². The van der Waals surface area contributed by atoms with Gasteiger partial charge >= 0.3 is 0 Å². The van der Waals surface area contributed by atoms with Gasteiger partial charge in [-0.2, -0.15) is 4.98 Å². The molecule has 3 rings (SSSR count). The third kappa shape index (κ3) is 3.79. The van der Waals surface area contributed by atoms with Gasteiger partial charge in [-0.3, -0.25) is 9.59 Å². The number of likely N-dealkylation sites (tertiary alicyclic amines) is 1. The number of rotatable bonds is 3. The fraction of sp³-hybridized carbons (Fsp3) is 0.412. The molecule has 1 aliphatic heterocycles. The molecule has 1 N–H and O–H groups in total. The van der Waals surface area contributed by atoms with Gasteiger partial charge in [0.05, 0.1) is 0 Å². The van der Waals surface area contributed by atoms with E-state index in [2.05, 4.69) is 15.0 Å². The van der Waals surface area contributed by atoms with Crippen molar-refractivity contribution in [2.24, 2.45) is 0 Å². The number of carbonyl (C=O) groups is 1. The van der Waals surface area contributed by atoms with Gasteiger partial charge < -0.3 is 14.6 Å². The van der Waals surface area contributed by atoms with Crippen LogP contribution in [0.1, 0.15) is 34.7 Å². The molecule has 2 aromatic rings. The van der Waals surface area contributed by atoms with Gasteiger partial charge in [0.25, 0.3) is 5.91 Å². The molecule has 126 valence electrons. The van der Waals surface area contributed by atoms with Gasteiger partial charge in [0, 0.05) is 55.5 Å². The van der Waals surface area contributed by atoms with Crippen LogP contribution in [0.4, 0.5) is 0 Å². The Bertz CT molecular complexity index is 774. The van der Waals surface area contributed by atoms with Crippen LogP contribution >= 0.6 is 0 Å². The Morgan fingerprint density at radius 3 is 2.67 bits per heavy atom. The number of hydrogen-bond donors (Lipinski definition) is 1. The number of nitrogens with zero attached hydrogens (tertiary/aromatic N) is 3. The first kappa shape index (κ1) is 16.2. The van der Waals surface area contributed by atoms with Crippen LogP contribution in [-0.4, -0.2) is 45.0 Å². The number of carbonyl (C=O) groups excluding carboxylic acids is 1. The number of aromatic amines is 1. The molecule has 1 amide bonds. The highest BCUT2D eigenvalue weighted by atomic mass is 16.5. The number of ether oxygens (including phenoxy) is 1. The summed E-state index contributed by atoms with van der Waals surface area (Å²) >= 11 is 0. The number of aromatic nitrogens is 3. The van der Waals surface area contributed by atoms with Crippen LogP contribution in [0.25, 0.3) is 0 Å². The first-order valence-corrected chi connectivity index (χ1v) is 7.98. The topological polar surface area (TPSA) is 88.2 Å². The van der Waals surface area contributed by atoms with Crippen molar-refractivity contribution in [3.63, 3.8) is 0 Å². The van der Waals surface area contributed by atoms with Crippen LogP contribution in [-0.2, 0) is 0 Å². The first-order valence-electron chi connectivity index (χ1n) is 7.98. The Hall–Kier alpha value is -2.70. The molecule has 7 heteroatoms. The van der Waals surface area contributed by atoms with E-state index < -0.39 is 0 Å². The number of hydrogen-bond acceptors (Lipinski definition) is 5. The van der Waals surface area contributed by atoms with Crippen LogP contribution in [0.5, 0.6) is 5.88 Å². The van der Waals surface area contributed by atoms with Crippen LogP contribution in [0.15, 0.2) is 29.2 Å². The van der Waals surface area contributed by atoms with E-state index in [1.807, 2.05) is 19.9 Å². The second kappa shape index (κ2) is 6.82. The maximum atomic E-state index is 12.4. The van der Waals surface area contributed by atoms with Crippen molar-refractivity contribution in [2.45, 2.75) is 32.8 Å². The number of H-pyrrole nitrogens is 1. The minimum Gasteiger partial charge on any atom is -0.474 e. The Kier molecular flexibility index (Phi) is 4.59. The second-order valence-corrected chi connectivity index (χ2v) is 5.95. The lowest BCUT2D eigenvalue weighted by molar-refractivity contribution is 0.0587. The molecule has 0 saturated carbocycles. The normalized spacial score (nSPS) is 15.3. The van der Waals surface area contributed by atoms with Crippen LogP contribution in [0.3, 0.4) is 0 Å². The summed E-state index contributed by atoms with van der Waals surface area (Å²) in [6, 6.07) is 4.77. The minimum atomic E-state index is -0.270. The summed E-state index contributed by atoms with van der Waals surface area (Å²) in [4.78, 5) is 36.5. The van der Waals surface area contributed by atoms with Gasteiger partial charge in [-0.15, -0.1) is 0 Å². The van der Waals surface area contributed by atoms with E-state index in [-0.39, 0.29) is 17.6 Å². The third-order valence-corrected chi connectivity index (χ3v) is 3.98. The average Bonchev–Trinajstić information content (AvgIpc) is 2.54. The maximum absolute atomic E-state index is 12.4. The molecular formula is C17H20N4O3. The molecule has 1 fully saturated rings. The highest BCUT2D eigenvalue weighted by molar-refractivity contribution is 5.94. The smallest absolute Gasteiger partial charge is 0.254 e. The molecule has 0 radical (unpaired) electrons. The largest absolute Gasteiger partial charge is 0.474 e. The minimum absolute atomic E-state index is 0.0296. The SMILES string of the molecule is Cc1cc(OC2CCN(C(=O)c3cc[nH]c(=O)c3)CC2)nc(C)n1. The monoisotopic (exact) mass is 328 g/mol. The van der Waals surface area contributed by atoms with E-state index in [4.69, 9.17) is 4.74 Å². The van der Waals surface area contributed by atoms with E-state index in [9.17, 15) is 9.59 Å². The molecule has 0 atom stereocenters. The van der Waals surface area contributed by atoms with Crippen molar-refractivity contribution in [2.75, 3.05) is 13.1 Å². The number of piperidine rings is 1. The second-order valence-electron chi connectivity index (χ2n) is 5.95. The van der Waals surface area contributed by atoms with Crippen molar-refractivity contribution in [1.29, 1.82) is 0 Å². The fourth-order valence-corrected chi connectivity index (χ4v) is 2.85. The van der Waals surface area contributed by atoms with Gasteiger partial charge in [-0.05, 0) is 19.9 Å². The van der Waals surface area contributed by atoms with Crippen molar-refractivity contribution in [1.82, 2.24) is 19.9 Å². The van der Waals surface area contributed by atoms with E-state index in [1.54, 1.807) is 11.0 Å². The molecule has 0 aliphatic carbocycles. The van der Waals surface area contributed by atoms with Gasteiger partial charge in [0.1, 0.15) is 11.9 Å². The molecule has 3 heterocycles. The van der Waals surface area contributed by atoms with E-state index in [1.165, 1.54) is 12.3 Å². The lowest BCUT2D eigenvalue weighted by Crippen LogP contribution is -2.42. The van der Waals surface area contributed by atoms with Gasteiger partial charge in [-0.25, -0.2) is 4.98 Å². The summed E-state index contributed by atoms with van der Waals surface area (Å²) in [6.07, 6.45) is 2.99. The molecule has 0 unspecified atom stereocenters. The predicted molar refractivity (Wildman–Crippen MR) is 88.1 cm³/mol. The number of aryl methyl sites for hydroxylation is 2. The summed E-state index contributed by atoms with van der Waals surface area (Å²) in [5.74, 6) is 1.15. The van der Waals surface area contributed by atoms with E-state index in [0.29, 0.717) is 30.4 Å². The summed E-state index contributed by atoms with van der Waals surface area (Å²) in [5, 5.41) is 0. The van der Waals surface area contributed by atoms with Crippen LogP contribution in [0.2, 0.25) is 0 Å². The van der Waals surface area contributed by atoms with Crippen molar-refractivity contribution in [3.05, 3.63) is 51.8 Å². The maximum Gasteiger partial charge on any atom is 0.254 e. The molecule has 2 aromatic heterocycles. The summed E-state index contributed by atoms with van der Waals surface area (Å²) in [7, 11) is 0.